The number of aryl methyl sites for hydroxylation is 3. The van der Waals surface area contributed by atoms with E-state index in [4.69, 9.17) is 10.5 Å². The van der Waals surface area contributed by atoms with Gasteiger partial charge in [-0.05, 0) is 56.2 Å². The molecule has 0 spiro atoms. The quantitative estimate of drug-likeness (QED) is 0.700. The molecule has 2 N–H and O–H groups in total. The first-order valence-corrected chi connectivity index (χ1v) is 6.95. The Balaban J connectivity index is 2.12. The first kappa shape index (κ1) is 13.4. The third kappa shape index (κ3) is 2.55. The van der Waals surface area contributed by atoms with Gasteiger partial charge in [0.15, 0.2) is 0 Å². The molecule has 3 heteroatoms. The molecule has 0 amide bonds. The molecule has 0 unspecified atom stereocenters. The summed E-state index contributed by atoms with van der Waals surface area (Å²) in [7, 11) is 0. The fourth-order valence-corrected chi connectivity index (χ4v) is 2.39. The van der Waals surface area contributed by atoms with Crippen molar-refractivity contribution in [3.63, 3.8) is 0 Å². The van der Waals surface area contributed by atoms with Crippen LogP contribution in [0.3, 0.4) is 0 Å². The summed E-state index contributed by atoms with van der Waals surface area (Å²) < 4.78 is 6.14. The number of pyridine rings is 1. The van der Waals surface area contributed by atoms with E-state index in [1.165, 1.54) is 0 Å². The monoisotopic (exact) mass is 278 g/mol. The lowest BCUT2D eigenvalue weighted by atomic mass is 10.1. The van der Waals surface area contributed by atoms with Crippen LogP contribution in [0, 0.1) is 20.8 Å². The van der Waals surface area contributed by atoms with Crippen molar-refractivity contribution in [3.05, 3.63) is 59.3 Å². The highest BCUT2D eigenvalue weighted by atomic mass is 16.5. The van der Waals surface area contributed by atoms with Crippen molar-refractivity contribution in [1.29, 1.82) is 0 Å². The SMILES string of the molecule is Cc1cc(Oc2cc(C)c(N)cc2C)c2ccccc2n1. The van der Waals surface area contributed by atoms with Crippen molar-refractivity contribution in [2.75, 3.05) is 5.73 Å². The van der Waals surface area contributed by atoms with Crippen LogP contribution in [0.25, 0.3) is 10.9 Å². The summed E-state index contributed by atoms with van der Waals surface area (Å²) in [6.45, 7) is 5.96. The average Bonchev–Trinajstić information content (AvgIpc) is 2.44. The number of aromatic nitrogens is 1. The Morgan fingerprint density at radius 1 is 0.905 bits per heavy atom. The highest BCUT2D eigenvalue weighted by Crippen LogP contribution is 2.33. The summed E-state index contributed by atoms with van der Waals surface area (Å²) in [6.07, 6.45) is 0. The summed E-state index contributed by atoms with van der Waals surface area (Å²) >= 11 is 0. The smallest absolute Gasteiger partial charge is 0.138 e. The van der Waals surface area contributed by atoms with Crippen LogP contribution in [-0.4, -0.2) is 4.98 Å². The van der Waals surface area contributed by atoms with Crippen molar-refractivity contribution in [2.24, 2.45) is 0 Å². The van der Waals surface area contributed by atoms with Gasteiger partial charge in [-0.1, -0.05) is 12.1 Å². The highest BCUT2D eigenvalue weighted by molar-refractivity contribution is 5.85. The second-order valence-corrected chi connectivity index (χ2v) is 5.36. The van der Waals surface area contributed by atoms with Gasteiger partial charge in [0, 0.05) is 22.8 Å². The van der Waals surface area contributed by atoms with Crippen LogP contribution in [0.1, 0.15) is 16.8 Å². The van der Waals surface area contributed by atoms with E-state index in [1.54, 1.807) is 0 Å². The molecular weight excluding hydrogens is 260 g/mol. The van der Waals surface area contributed by atoms with E-state index in [0.29, 0.717) is 0 Å². The predicted molar refractivity (Wildman–Crippen MR) is 86.9 cm³/mol. The van der Waals surface area contributed by atoms with Gasteiger partial charge in [0.2, 0.25) is 0 Å². The lowest BCUT2D eigenvalue weighted by Crippen LogP contribution is -1.95. The molecule has 0 bridgehead atoms. The van der Waals surface area contributed by atoms with Gasteiger partial charge in [-0.15, -0.1) is 0 Å². The Morgan fingerprint density at radius 3 is 2.48 bits per heavy atom. The second kappa shape index (κ2) is 5.09. The molecular formula is C18H18N2O. The van der Waals surface area contributed by atoms with Gasteiger partial charge in [-0.2, -0.15) is 0 Å². The molecule has 3 aromatic rings. The van der Waals surface area contributed by atoms with E-state index in [-0.39, 0.29) is 0 Å². The number of nitrogens with zero attached hydrogens (tertiary/aromatic N) is 1. The van der Waals surface area contributed by atoms with Gasteiger partial charge in [-0.3, -0.25) is 4.98 Å². The molecule has 3 rings (SSSR count). The Hall–Kier alpha value is -2.55. The third-order valence-corrected chi connectivity index (χ3v) is 3.59. The molecule has 0 aliphatic rings. The van der Waals surface area contributed by atoms with Crippen molar-refractivity contribution in [2.45, 2.75) is 20.8 Å². The molecule has 3 nitrogen and oxygen atoms in total. The minimum absolute atomic E-state index is 0.788. The average molecular weight is 278 g/mol. The first-order valence-electron chi connectivity index (χ1n) is 6.95. The molecule has 0 saturated heterocycles. The summed E-state index contributed by atoms with van der Waals surface area (Å²) in [6, 6.07) is 13.9. The van der Waals surface area contributed by atoms with Crippen LogP contribution < -0.4 is 10.5 Å². The van der Waals surface area contributed by atoms with Gasteiger partial charge < -0.3 is 10.5 Å². The van der Waals surface area contributed by atoms with E-state index in [0.717, 1.165) is 44.9 Å². The number of nitrogens with two attached hydrogens (primary N) is 1. The minimum Gasteiger partial charge on any atom is -0.456 e. The molecule has 0 aliphatic carbocycles. The van der Waals surface area contributed by atoms with E-state index in [9.17, 15) is 0 Å². The van der Waals surface area contributed by atoms with Crippen molar-refractivity contribution in [1.82, 2.24) is 4.98 Å². The van der Waals surface area contributed by atoms with Crippen molar-refractivity contribution < 1.29 is 4.74 Å². The Bertz CT molecular complexity index is 825. The number of benzene rings is 2. The molecule has 21 heavy (non-hydrogen) atoms. The summed E-state index contributed by atoms with van der Waals surface area (Å²) in [5.74, 6) is 1.66. The second-order valence-electron chi connectivity index (χ2n) is 5.36. The van der Waals surface area contributed by atoms with Crippen LogP contribution in [0.4, 0.5) is 5.69 Å². The zero-order valence-electron chi connectivity index (χ0n) is 12.5. The summed E-state index contributed by atoms with van der Waals surface area (Å²) in [5.41, 5.74) is 10.6. The number of para-hydroxylation sites is 1. The lowest BCUT2D eigenvalue weighted by molar-refractivity contribution is 0.483. The Morgan fingerprint density at radius 2 is 1.67 bits per heavy atom. The number of anilines is 1. The molecule has 1 aromatic heterocycles. The lowest BCUT2D eigenvalue weighted by Gasteiger charge is -2.13. The van der Waals surface area contributed by atoms with E-state index in [1.807, 2.05) is 63.2 Å². The fraction of sp³-hybridized carbons (Fsp3) is 0.167. The predicted octanol–water partition coefficient (Wildman–Crippen LogP) is 4.53. The van der Waals surface area contributed by atoms with E-state index >= 15 is 0 Å². The zero-order valence-corrected chi connectivity index (χ0v) is 12.5. The normalized spacial score (nSPS) is 10.8. The molecule has 0 aliphatic heterocycles. The number of fused-ring (bicyclic) bond motifs is 1. The Kier molecular flexibility index (Phi) is 3.26. The van der Waals surface area contributed by atoms with Crippen molar-refractivity contribution in [3.8, 4) is 11.5 Å². The number of nitrogen functional groups attached to an aromatic ring is 1. The minimum atomic E-state index is 0.788. The van der Waals surface area contributed by atoms with Gasteiger partial charge in [0.05, 0.1) is 5.52 Å². The van der Waals surface area contributed by atoms with Gasteiger partial charge in [0.25, 0.3) is 0 Å². The number of ether oxygens (including phenoxy) is 1. The number of rotatable bonds is 2. The Labute approximate surface area is 124 Å². The maximum absolute atomic E-state index is 6.14. The van der Waals surface area contributed by atoms with Crippen LogP contribution >= 0.6 is 0 Å². The molecule has 0 fully saturated rings. The van der Waals surface area contributed by atoms with Crippen molar-refractivity contribution >= 4 is 16.6 Å². The zero-order chi connectivity index (χ0) is 15.0. The van der Waals surface area contributed by atoms with Gasteiger partial charge in [-0.25, -0.2) is 0 Å². The van der Waals surface area contributed by atoms with Crippen LogP contribution in [0.5, 0.6) is 11.5 Å². The molecule has 2 aromatic carbocycles. The van der Waals surface area contributed by atoms with Gasteiger partial charge in [0.1, 0.15) is 11.5 Å². The number of hydrogen-bond acceptors (Lipinski definition) is 3. The van der Waals surface area contributed by atoms with Crippen LogP contribution in [0.2, 0.25) is 0 Å². The topological polar surface area (TPSA) is 48.1 Å². The number of hydrogen-bond donors (Lipinski definition) is 1. The van der Waals surface area contributed by atoms with E-state index < -0.39 is 0 Å². The largest absolute Gasteiger partial charge is 0.456 e. The molecule has 0 atom stereocenters. The molecule has 0 saturated carbocycles. The van der Waals surface area contributed by atoms with E-state index in [2.05, 4.69) is 4.98 Å². The molecule has 1 heterocycles. The third-order valence-electron chi connectivity index (χ3n) is 3.59. The molecule has 106 valence electrons. The standard InChI is InChI=1S/C18H18N2O/c1-11-9-17(12(2)8-15(11)19)21-18-10-13(3)20-16-7-5-4-6-14(16)18/h4-10H,19H2,1-3H3. The maximum Gasteiger partial charge on any atom is 0.138 e. The first-order chi connectivity index (χ1) is 10.0. The summed E-state index contributed by atoms with van der Waals surface area (Å²) in [5, 5.41) is 1.01. The maximum atomic E-state index is 6.14. The van der Waals surface area contributed by atoms with Crippen LogP contribution in [0.15, 0.2) is 42.5 Å². The molecule has 0 radical (unpaired) electrons. The summed E-state index contributed by atoms with van der Waals surface area (Å²) in [4.78, 5) is 4.53. The highest BCUT2D eigenvalue weighted by Gasteiger charge is 2.09. The van der Waals surface area contributed by atoms with Gasteiger partial charge >= 0.3 is 0 Å². The fourth-order valence-electron chi connectivity index (χ4n) is 2.39. The van der Waals surface area contributed by atoms with Crippen LogP contribution in [-0.2, 0) is 0 Å².